The molecule has 0 saturated heterocycles. The molecule has 0 amide bonds. The summed E-state index contributed by atoms with van der Waals surface area (Å²) < 4.78 is 28.8. The molecule has 0 aliphatic rings. The molecule has 5 heteroatoms. The summed E-state index contributed by atoms with van der Waals surface area (Å²) in [4.78, 5) is 0. The first kappa shape index (κ1) is 9.89. The Kier molecular flexibility index (Phi) is 15.2. The van der Waals surface area contributed by atoms with Crippen molar-refractivity contribution in [2.24, 2.45) is 0 Å². The van der Waals surface area contributed by atoms with E-state index in [0.29, 0.717) is 0 Å². The van der Waals surface area contributed by atoms with Crippen molar-refractivity contribution in [1.29, 1.82) is 0 Å². The van der Waals surface area contributed by atoms with Crippen molar-refractivity contribution in [1.82, 2.24) is 0 Å². The SMILES string of the molecule is F[C](F)F.[S]=[Ag]. The molecule has 0 atom stereocenters. The third kappa shape index (κ3) is 119. The van der Waals surface area contributed by atoms with E-state index in [1.165, 1.54) is 0 Å². The van der Waals surface area contributed by atoms with Crippen molar-refractivity contribution in [3.05, 3.63) is 6.68 Å². The number of hydrogen-bond acceptors (Lipinski definition) is 1. The van der Waals surface area contributed by atoms with Gasteiger partial charge in [0.2, 0.25) is 0 Å². The molecule has 0 bridgehead atoms. The molecule has 0 spiro atoms. The molecule has 0 heterocycles. The van der Waals surface area contributed by atoms with Crippen LogP contribution in [-0.4, -0.2) is 0 Å². The summed E-state index contributed by atoms with van der Waals surface area (Å²) >= 11 is 2.53. The van der Waals surface area contributed by atoms with Crippen LogP contribution in [0.4, 0.5) is 13.2 Å². The van der Waals surface area contributed by atoms with Crippen molar-refractivity contribution in [2.75, 3.05) is 0 Å². The Balaban J connectivity index is 0. The van der Waals surface area contributed by atoms with Crippen LogP contribution in [0.3, 0.4) is 0 Å². The maximum absolute atomic E-state index is 9.58. The molecule has 0 fully saturated rings. The van der Waals surface area contributed by atoms with Crippen LogP contribution < -0.4 is 0 Å². The molecule has 0 aliphatic carbocycles. The Morgan fingerprint density at radius 3 is 1.17 bits per heavy atom. The third-order valence-electron chi connectivity index (χ3n) is 0. The average Bonchev–Trinajstić information content (AvgIpc) is 1.41. The summed E-state index contributed by atoms with van der Waals surface area (Å²) in [6, 6.07) is 0. The van der Waals surface area contributed by atoms with Crippen LogP contribution in [0, 0.1) is 6.68 Å². The second-order valence-corrected chi connectivity index (χ2v) is 0.214. The number of rotatable bonds is 0. The molecule has 0 unspecified atom stereocenters. The van der Waals surface area contributed by atoms with Crippen molar-refractivity contribution < 1.29 is 32.4 Å². The van der Waals surface area contributed by atoms with Gasteiger partial charge in [-0.05, 0) is 0 Å². The molecule has 0 N–H and O–H groups in total. The van der Waals surface area contributed by atoms with E-state index in [0.717, 1.165) is 0 Å². The Bertz CT molecular complexity index is 22.0. The molecule has 0 aliphatic heterocycles. The molecule has 0 aromatic carbocycles. The maximum atomic E-state index is 9.58. The summed E-state index contributed by atoms with van der Waals surface area (Å²) in [5, 5.41) is 0. The zero-order chi connectivity index (χ0) is 5.58. The van der Waals surface area contributed by atoms with Crippen LogP contribution in [0.1, 0.15) is 0 Å². The third-order valence-corrected chi connectivity index (χ3v) is 0. The summed E-state index contributed by atoms with van der Waals surface area (Å²) in [6.07, 6.45) is 0. The second kappa shape index (κ2) is 9.23. The summed E-state index contributed by atoms with van der Waals surface area (Å²) in [5.41, 5.74) is 0. The van der Waals surface area contributed by atoms with Gasteiger partial charge < -0.3 is 0 Å². The average molecular weight is 209 g/mol. The van der Waals surface area contributed by atoms with E-state index < -0.39 is 6.68 Å². The Hall–Kier alpha value is 0.750. The van der Waals surface area contributed by atoms with Crippen LogP contribution in [-0.2, 0) is 19.2 Å². The van der Waals surface area contributed by atoms with Gasteiger partial charge in [-0.2, -0.15) is 13.2 Å². The van der Waals surface area contributed by atoms with Gasteiger partial charge in [-0.15, -0.1) is 0 Å². The zero-order valence-corrected chi connectivity index (χ0v) is 4.64. The van der Waals surface area contributed by atoms with Crippen molar-refractivity contribution in [3.8, 4) is 0 Å². The van der Waals surface area contributed by atoms with Gasteiger partial charge in [0.1, 0.15) is 0 Å². The fourth-order valence-corrected chi connectivity index (χ4v) is 0. The quantitative estimate of drug-likeness (QED) is 0.549. The van der Waals surface area contributed by atoms with E-state index in [4.69, 9.17) is 0 Å². The van der Waals surface area contributed by atoms with Crippen molar-refractivity contribution >= 4 is 9.58 Å². The number of halogens is 3. The summed E-state index contributed by atoms with van der Waals surface area (Å²) in [5.74, 6) is 0. The van der Waals surface area contributed by atoms with Crippen molar-refractivity contribution in [2.45, 2.75) is 0 Å². The molecule has 6 heavy (non-hydrogen) atoms. The van der Waals surface area contributed by atoms with E-state index >= 15 is 0 Å². The van der Waals surface area contributed by atoms with Crippen LogP contribution >= 0.6 is 9.58 Å². The Labute approximate surface area is 49.0 Å². The van der Waals surface area contributed by atoms with Gasteiger partial charge in [0.15, 0.2) is 0 Å². The first-order chi connectivity index (χ1) is 2.73. The fourth-order valence-electron chi connectivity index (χ4n) is 0. The minimum atomic E-state index is -3.08. The van der Waals surface area contributed by atoms with Crippen LogP contribution in [0.25, 0.3) is 0 Å². The van der Waals surface area contributed by atoms with Gasteiger partial charge in [0.25, 0.3) is 0 Å². The Morgan fingerprint density at radius 2 is 1.17 bits per heavy atom. The van der Waals surface area contributed by atoms with Gasteiger partial charge in [-0.1, -0.05) is 0 Å². The zero-order valence-electron chi connectivity index (χ0n) is 2.34. The fraction of sp³-hybridized carbons (Fsp3) is 0. The van der Waals surface area contributed by atoms with Crippen molar-refractivity contribution in [3.63, 3.8) is 0 Å². The standard InChI is InChI=1S/CF3.Ag.S/c2-1(3)4;;. The molecule has 0 aromatic heterocycles. The summed E-state index contributed by atoms with van der Waals surface area (Å²) in [6.45, 7) is -3.08. The topological polar surface area (TPSA) is 0 Å². The van der Waals surface area contributed by atoms with Gasteiger partial charge >= 0.3 is 35.4 Å². The van der Waals surface area contributed by atoms with Gasteiger partial charge in [-0.25, -0.2) is 0 Å². The van der Waals surface area contributed by atoms with E-state index in [-0.39, 0.29) is 0 Å². The first-order valence-electron chi connectivity index (χ1n) is 0.690. The molecule has 0 nitrogen and oxygen atoms in total. The number of hydrogen-bond donors (Lipinski definition) is 0. The first-order valence-corrected chi connectivity index (χ1v) is 2.75. The minimum absolute atomic E-state index is 2.53. The molecule has 0 saturated carbocycles. The van der Waals surface area contributed by atoms with E-state index in [1.807, 2.05) is 0 Å². The van der Waals surface area contributed by atoms with Crippen LogP contribution in [0.15, 0.2) is 0 Å². The van der Waals surface area contributed by atoms with Gasteiger partial charge in [0.05, 0.1) is 0 Å². The van der Waals surface area contributed by atoms with Crippen LogP contribution in [0.5, 0.6) is 0 Å². The predicted molar refractivity (Wildman–Crippen MR) is 14.2 cm³/mol. The van der Waals surface area contributed by atoms with Crippen LogP contribution in [0.2, 0.25) is 0 Å². The van der Waals surface area contributed by atoms with E-state index in [2.05, 4.69) is 28.8 Å². The normalized spacial score (nSPS) is 7.00. The molecular weight excluding hydrogens is 209 g/mol. The van der Waals surface area contributed by atoms with Gasteiger partial charge in [-0.3, -0.25) is 0 Å². The molecule has 0 aromatic rings. The Morgan fingerprint density at radius 1 is 1.17 bits per heavy atom. The van der Waals surface area contributed by atoms with Gasteiger partial charge in [0, 0.05) is 0 Å². The monoisotopic (exact) mass is 208 g/mol. The van der Waals surface area contributed by atoms with E-state index in [1.54, 1.807) is 0 Å². The predicted octanol–water partition coefficient (Wildman–Crippen LogP) is 1.99. The molecular formula is CAgF3S. The molecule has 42 valence electrons. The van der Waals surface area contributed by atoms with E-state index in [9.17, 15) is 13.2 Å². The summed E-state index contributed by atoms with van der Waals surface area (Å²) in [7, 11) is 3.89. The molecule has 1 radical (unpaired) electrons. The second-order valence-electron chi connectivity index (χ2n) is 0.214. The molecule has 0 rings (SSSR count).